The Hall–Kier alpha value is -3.05. The number of hydrogen-bond acceptors (Lipinski definition) is 7. The summed E-state index contributed by atoms with van der Waals surface area (Å²) in [6.07, 6.45) is 0.680. The molecule has 10 heteroatoms. The number of benzene rings is 2. The third-order valence-corrected chi connectivity index (χ3v) is 8.95. The normalized spacial score (nSPS) is 13.9. The summed E-state index contributed by atoms with van der Waals surface area (Å²) in [6, 6.07) is 15.9. The minimum Gasteiger partial charge on any atom is -0.462 e. The molecule has 1 amide bonds. The topological polar surface area (TPSA) is 96.0 Å². The lowest BCUT2D eigenvalue weighted by Crippen LogP contribution is -2.29. The first kappa shape index (κ1) is 26.0. The highest BCUT2D eigenvalue weighted by Gasteiger charge is 2.30. The molecule has 1 aromatic heterocycles. The highest BCUT2D eigenvalue weighted by molar-refractivity contribution is 7.89. The number of carbonyl (C=O) groups excluding carboxylic acids is 2. The first-order valence-corrected chi connectivity index (χ1v) is 13.9. The quantitative estimate of drug-likeness (QED) is 0.445. The number of rotatable bonds is 8. The maximum absolute atomic E-state index is 13.0. The van der Waals surface area contributed by atoms with E-state index < -0.39 is 21.9 Å². The van der Waals surface area contributed by atoms with Crippen molar-refractivity contribution in [3.05, 3.63) is 81.7 Å². The second-order valence-corrected chi connectivity index (χ2v) is 11.9. The molecular formula is C26H29N3O5S2. The fourth-order valence-electron chi connectivity index (χ4n) is 4.10. The maximum Gasteiger partial charge on any atom is 0.341 e. The molecule has 8 nitrogen and oxygen atoms in total. The van der Waals surface area contributed by atoms with Crippen LogP contribution in [0.25, 0.3) is 0 Å². The van der Waals surface area contributed by atoms with Gasteiger partial charge in [0.05, 0.1) is 17.1 Å². The fourth-order valence-corrected chi connectivity index (χ4v) is 6.28. The van der Waals surface area contributed by atoms with Gasteiger partial charge >= 0.3 is 5.97 Å². The highest BCUT2D eigenvalue weighted by Crippen LogP contribution is 2.38. The number of carbonyl (C=O) groups is 2. The second kappa shape index (κ2) is 10.9. The van der Waals surface area contributed by atoms with E-state index >= 15 is 0 Å². The van der Waals surface area contributed by atoms with Gasteiger partial charge in [0.15, 0.2) is 0 Å². The zero-order valence-corrected chi connectivity index (χ0v) is 22.1. The molecule has 2 aromatic carbocycles. The predicted molar refractivity (Wildman–Crippen MR) is 140 cm³/mol. The molecule has 0 bridgehead atoms. The van der Waals surface area contributed by atoms with Gasteiger partial charge in [-0.05, 0) is 48.7 Å². The van der Waals surface area contributed by atoms with Crippen LogP contribution in [0.5, 0.6) is 0 Å². The molecule has 0 saturated heterocycles. The Kier molecular flexibility index (Phi) is 7.89. The van der Waals surface area contributed by atoms with Gasteiger partial charge in [0.2, 0.25) is 10.0 Å². The van der Waals surface area contributed by atoms with Crippen molar-refractivity contribution in [1.29, 1.82) is 0 Å². The average molecular weight is 528 g/mol. The molecule has 4 rings (SSSR count). The van der Waals surface area contributed by atoms with Gasteiger partial charge in [-0.3, -0.25) is 9.69 Å². The molecule has 36 heavy (non-hydrogen) atoms. The van der Waals surface area contributed by atoms with Crippen molar-refractivity contribution in [1.82, 2.24) is 9.21 Å². The number of sulfonamides is 1. The zero-order chi connectivity index (χ0) is 25.9. The zero-order valence-electron chi connectivity index (χ0n) is 20.5. The van der Waals surface area contributed by atoms with E-state index in [9.17, 15) is 18.0 Å². The van der Waals surface area contributed by atoms with Crippen molar-refractivity contribution in [3.63, 3.8) is 0 Å². The smallest absolute Gasteiger partial charge is 0.341 e. The number of hydrogen-bond donors (Lipinski definition) is 1. The minimum atomic E-state index is -3.59. The van der Waals surface area contributed by atoms with Gasteiger partial charge in [-0.1, -0.05) is 30.3 Å². The van der Waals surface area contributed by atoms with E-state index in [1.807, 2.05) is 18.2 Å². The third-order valence-electron chi connectivity index (χ3n) is 5.99. The second-order valence-electron chi connectivity index (χ2n) is 8.64. The van der Waals surface area contributed by atoms with Gasteiger partial charge in [0, 0.05) is 44.2 Å². The van der Waals surface area contributed by atoms with Crippen LogP contribution in [0.3, 0.4) is 0 Å². The van der Waals surface area contributed by atoms with E-state index in [1.165, 1.54) is 55.3 Å². The van der Waals surface area contributed by atoms with Crippen molar-refractivity contribution in [3.8, 4) is 0 Å². The molecule has 1 N–H and O–H groups in total. The molecular weight excluding hydrogens is 498 g/mol. The van der Waals surface area contributed by atoms with Crippen LogP contribution in [0.4, 0.5) is 5.00 Å². The van der Waals surface area contributed by atoms with Crippen molar-refractivity contribution >= 4 is 38.2 Å². The van der Waals surface area contributed by atoms with Crippen molar-refractivity contribution in [2.75, 3.05) is 32.6 Å². The van der Waals surface area contributed by atoms with Gasteiger partial charge in [-0.15, -0.1) is 11.3 Å². The molecule has 0 spiro atoms. The summed E-state index contributed by atoms with van der Waals surface area (Å²) in [4.78, 5) is 29.3. The van der Waals surface area contributed by atoms with Gasteiger partial charge in [-0.2, -0.15) is 0 Å². The summed E-state index contributed by atoms with van der Waals surface area (Å²) in [5, 5.41) is 3.32. The van der Waals surface area contributed by atoms with Crippen molar-refractivity contribution in [2.45, 2.75) is 31.3 Å². The lowest BCUT2D eigenvalue weighted by atomic mass is 10.0. The number of nitrogens with zero attached hydrogens (tertiary/aromatic N) is 2. The monoisotopic (exact) mass is 527 g/mol. The van der Waals surface area contributed by atoms with E-state index in [-0.39, 0.29) is 11.5 Å². The van der Waals surface area contributed by atoms with Crippen LogP contribution in [-0.2, 0) is 34.3 Å². The maximum atomic E-state index is 13.0. The largest absolute Gasteiger partial charge is 0.462 e. The molecule has 0 radical (unpaired) electrons. The predicted octanol–water partition coefficient (Wildman–Crippen LogP) is 3.99. The molecule has 0 unspecified atom stereocenters. The van der Waals surface area contributed by atoms with Crippen LogP contribution in [0.2, 0.25) is 0 Å². The summed E-state index contributed by atoms with van der Waals surface area (Å²) in [5.74, 6) is -0.872. The summed E-state index contributed by atoms with van der Waals surface area (Å²) in [7, 11) is -0.693. The van der Waals surface area contributed by atoms with Crippen molar-refractivity contribution < 1.29 is 22.7 Å². The Labute approximate surface area is 215 Å². The lowest BCUT2D eigenvalue weighted by Gasteiger charge is -2.27. The van der Waals surface area contributed by atoms with Gasteiger partial charge < -0.3 is 10.1 Å². The standard InChI is InChI=1S/C26H29N3O5S2/c1-4-34-26(31)23-21-14-15-29(16-18-8-6-5-7-9-18)17-22(21)35-25(23)27-24(30)19-10-12-20(13-11-19)36(32,33)28(2)3/h5-13H,4,14-17H2,1-3H3,(H,27,30). The Morgan fingerprint density at radius 3 is 2.42 bits per heavy atom. The molecule has 0 saturated carbocycles. The molecule has 1 aliphatic rings. The van der Waals surface area contributed by atoms with E-state index in [1.54, 1.807) is 6.92 Å². The van der Waals surface area contributed by atoms with Crippen LogP contribution in [-0.4, -0.2) is 56.7 Å². The molecule has 0 fully saturated rings. The van der Waals surface area contributed by atoms with Gasteiger partial charge in [-0.25, -0.2) is 17.5 Å². The first-order valence-electron chi connectivity index (χ1n) is 11.6. The van der Waals surface area contributed by atoms with Crippen molar-refractivity contribution in [2.24, 2.45) is 0 Å². The van der Waals surface area contributed by atoms with E-state index in [0.717, 1.165) is 27.8 Å². The molecule has 1 aliphatic heterocycles. The lowest BCUT2D eigenvalue weighted by molar-refractivity contribution is 0.0526. The van der Waals surface area contributed by atoms with E-state index in [2.05, 4.69) is 22.3 Å². The summed E-state index contributed by atoms with van der Waals surface area (Å²) in [5.41, 5.74) is 2.85. The number of fused-ring (bicyclic) bond motifs is 1. The van der Waals surface area contributed by atoms with Crippen LogP contribution in [0.1, 0.15) is 43.6 Å². The fraction of sp³-hybridized carbons (Fsp3) is 0.308. The average Bonchev–Trinajstić information content (AvgIpc) is 3.21. The van der Waals surface area contributed by atoms with Gasteiger partial charge in [0.25, 0.3) is 5.91 Å². The molecule has 3 aromatic rings. The number of anilines is 1. The Morgan fingerprint density at radius 2 is 1.78 bits per heavy atom. The Balaban J connectivity index is 1.57. The third kappa shape index (κ3) is 5.52. The number of ether oxygens (including phenoxy) is 1. The number of esters is 1. The molecule has 190 valence electrons. The van der Waals surface area contributed by atoms with Crippen LogP contribution >= 0.6 is 11.3 Å². The van der Waals surface area contributed by atoms with Crippen LogP contribution in [0.15, 0.2) is 59.5 Å². The van der Waals surface area contributed by atoms with E-state index in [4.69, 9.17) is 4.74 Å². The first-order chi connectivity index (χ1) is 17.2. The van der Waals surface area contributed by atoms with Crippen LogP contribution in [0, 0.1) is 0 Å². The Morgan fingerprint density at radius 1 is 1.08 bits per heavy atom. The number of amides is 1. The number of thiophene rings is 1. The SMILES string of the molecule is CCOC(=O)c1c(NC(=O)c2ccc(S(=O)(=O)N(C)C)cc2)sc2c1CCN(Cc1ccccc1)C2. The summed E-state index contributed by atoms with van der Waals surface area (Å²) < 4.78 is 31.0. The minimum absolute atomic E-state index is 0.0985. The molecule has 0 atom stereocenters. The number of nitrogens with one attached hydrogen (secondary N) is 1. The van der Waals surface area contributed by atoms with E-state index in [0.29, 0.717) is 29.1 Å². The van der Waals surface area contributed by atoms with Gasteiger partial charge in [0.1, 0.15) is 5.00 Å². The van der Waals surface area contributed by atoms with Crippen LogP contribution < -0.4 is 5.32 Å². The highest BCUT2D eigenvalue weighted by atomic mass is 32.2. The Bertz CT molecular complexity index is 1350. The summed E-state index contributed by atoms with van der Waals surface area (Å²) >= 11 is 1.39. The molecule has 2 heterocycles. The molecule has 0 aliphatic carbocycles. The summed E-state index contributed by atoms with van der Waals surface area (Å²) in [6.45, 7) is 4.25.